The van der Waals surface area contributed by atoms with Crippen LogP contribution in [0.2, 0.25) is 0 Å². The lowest BCUT2D eigenvalue weighted by molar-refractivity contribution is -0.385. The summed E-state index contributed by atoms with van der Waals surface area (Å²) < 4.78 is 14.9. The monoisotopic (exact) mass is 514 g/mol. The number of nitro groups is 1. The number of para-hydroxylation sites is 1. The van der Waals surface area contributed by atoms with Crippen molar-refractivity contribution in [1.29, 1.82) is 5.26 Å². The number of aryl methyl sites for hydroxylation is 1. The van der Waals surface area contributed by atoms with Gasteiger partial charge in [-0.05, 0) is 35.9 Å². The Kier molecular flexibility index (Phi) is 6.48. The largest absolute Gasteiger partial charge is 0.508 e. The third-order valence-corrected chi connectivity index (χ3v) is 6.90. The summed E-state index contributed by atoms with van der Waals surface area (Å²) in [7, 11) is 1.44. The lowest BCUT2D eigenvalue weighted by atomic mass is 9.95. The van der Waals surface area contributed by atoms with Crippen LogP contribution in [0, 0.1) is 27.3 Å². The minimum absolute atomic E-state index is 0.0845. The highest BCUT2D eigenvalue weighted by atomic mass is 19.1. The zero-order valence-corrected chi connectivity index (χ0v) is 20.4. The van der Waals surface area contributed by atoms with Crippen LogP contribution >= 0.6 is 0 Å². The smallest absolute Gasteiger partial charge is 0.359 e. The van der Waals surface area contributed by atoms with Crippen molar-refractivity contribution in [1.82, 2.24) is 14.5 Å². The van der Waals surface area contributed by atoms with Crippen LogP contribution in [0.25, 0.3) is 11.0 Å². The summed E-state index contributed by atoms with van der Waals surface area (Å²) in [6, 6.07) is 17.6. The molecule has 4 aromatic rings. The van der Waals surface area contributed by atoms with Crippen LogP contribution < -0.4 is 10.5 Å². The van der Waals surface area contributed by atoms with Crippen molar-refractivity contribution in [3.63, 3.8) is 0 Å². The van der Waals surface area contributed by atoms with Crippen LogP contribution in [0.4, 0.5) is 15.8 Å². The van der Waals surface area contributed by atoms with Gasteiger partial charge in [-0.2, -0.15) is 5.26 Å². The Balaban J connectivity index is 1.56. The Labute approximate surface area is 216 Å². The molecule has 0 aliphatic carbocycles. The van der Waals surface area contributed by atoms with Crippen LogP contribution in [0.1, 0.15) is 22.9 Å². The molecule has 2 aromatic heterocycles. The quantitative estimate of drug-likeness (QED) is 0.317. The fraction of sp³-hybridized carbons (Fsp3) is 0.222. The van der Waals surface area contributed by atoms with Gasteiger partial charge < -0.3 is 14.6 Å². The van der Waals surface area contributed by atoms with E-state index in [2.05, 4.69) is 9.88 Å². The zero-order chi connectivity index (χ0) is 27.0. The van der Waals surface area contributed by atoms with E-state index < -0.39 is 22.2 Å². The van der Waals surface area contributed by atoms with Gasteiger partial charge in [-0.1, -0.05) is 30.3 Å². The lowest BCUT2D eigenvalue weighted by Gasteiger charge is -2.40. The average Bonchev–Trinajstić information content (AvgIpc) is 2.92. The van der Waals surface area contributed by atoms with Crippen molar-refractivity contribution >= 4 is 22.4 Å². The standard InChI is InChI=1S/C27H23FN6O4/c1-31-21-11-10-19(16-29)30-23(21)25(26(27(31)36)34(37)38)33-14-12-32(13-15-33)24(17-6-8-18(28)9-7-17)20-4-2-3-5-22(20)35/h2-11,24,35H,12-15H2,1H3. The normalized spacial score (nSPS) is 14.8. The van der Waals surface area contributed by atoms with Crippen molar-refractivity contribution in [2.45, 2.75) is 6.04 Å². The van der Waals surface area contributed by atoms with Crippen LogP contribution in [-0.4, -0.2) is 50.7 Å². The minimum Gasteiger partial charge on any atom is -0.508 e. The second-order valence-electron chi connectivity index (χ2n) is 9.03. The van der Waals surface area contributed by atoms with Gasteiger partial charge in [0.25, 0.3) is 0 Å². The van der Waals surface area contributed by atoms with Gasteiger partial charge in [0.1, 0.15) is 28.8 Å². The van der Waals surface area contributed by atoms with Crippen molar-refractivity contribution in [3.8, 4) is 11.8 Å². The maximum Gasteiger partial charge on any atom is 0.359 e. The summed E-state index contributed by atoms with van der Waals surface area (Å²) in [6.45, 7) is 1.46. The lowest BCUT2D eigenvalue weighted by Crippen LogP contribution is -2.48. The van der Waals surface area contributed by atoms with Crippen LogP contribution in [0.3, 0.4) is 0 Å². The Morgan fingerprint density at radius 3 is 2.39 bits per heavy atom. The maximum atomic E-state index is 13.7. The van der Waals surface area contributed by atoms with Crippen molar-refractivity contribution < 1.29 is 14.4 Å². The van der Waals surface area contributed by atoms with Gasteiger partial charge in [0, 0.05) is 38.8 Å². The fourth-order valence-electron chi connectivity index (χ4n) is 5.06. The third kappa shape index (κ3) is 4.31. The molecule has 38 heavy (non-hydrogen) atoms. The van der Waals surface area contributed by atoms with Gasteiger partial charge in [0.05, 0.1) is 16.5 Å². The molecule has 0 saturated carbocycles. The number of benzene rings is 2. The van der Waals surface area contributed by atoms with E-state index in [1.54, 1.807) is 35.2 Å². The number of nitrogens with zero attached hydrogens (tertiary/aromatic N) is 6. The van der Waals surface area contributed by atoms with Gasteiger partial charge in [0.15, 0.2) is 5.69 Å². The van der Waals surface area contributed by atoms with Crippen molar-refractivity contribution in [3.05, 3.63) is 104 Å². The number of pyridine rings is 2. The molecule has 5 rings (SSSR count). The minimum atomic E-state index is -0.759. The summed E-state index contributed by atoms with van der Waals surface area (Å²) in [5.74, 6) is -0.269. The molecule has 1 saturated heterocycles. The summed E-state index contributed by atoms with van der Waals surface area (Å²) >= 11 is 0. The van der Waals surface area contributed by atoms with Gasteiger partial charge in [-0.25, -0.2) is 9.37 Å². The number of aromatic nitrogens is 2. The van der Waals surface area contributed by atoms with Crippen molar-refractivity contribution in [2.24, 2.45) is 7.05 Å². The number of phenols is 1. The summed E-state index contributed by atoms with van der Waals surface area (Å²) in [4.78, 5) is 32.5. The SMILES string of the molecule is Cn1c(=O)c([N+](=O)[O-])c(N2CCN(C(c3ccc(F)cc3)c3ccccc3O)CC2)c2nc(C#N)ccc21. The van der Waals surface area contributed by atoms with Crippen molar-refractivity contribution in [2.75, 3.05) is 31.1 Å². The van der Waals surface area contributed by atoms with E-state index in [1.165, 1.54) is 29.8 Å². The van der Waals surface area contributed by atoms with E-state index in [4.69, 9.17) is 0 Å². The van der Waals surface area contributed by atoms with Gasteiger partial charge >= 0.3 is 11.2 Å². The Morgan fingerprint density at radius 2 is 1.76 bits per heavy atom. The highest BCUT2D eigenvalue weighted by Gasteiger charge is 2.34. The number of phenolic OH excluding ortho intramolecular Hbond substituents is 1. The highest BCUT2D eigenvalue weighted by Crippen LogP contribution is 2.37. The molecule has 11 heteroatoms. The zero-order valence-electron chi connectivity index (χ0n) is 20.4. The second-order valence-corrected chi connectivity index (χ2v) is 9.03. The van der Waals surface area contributed by atoms with Crippen LogP contribution in [-0.2, 0) is 7.05 Å². The molecule has 1 N–H and O–H groups in total. The molecule has 0 bridgehead atoms. The Bertz CT molecular complexity index is 1640. The summed E-state index contributed by atoms with van der Waals surface area (Å²) in [5.41, 5.74) is 0.853. The first kappa shape index (κ1) is 24.9. The molecule has 0 spiro atoms. The van der Waals surface area contributed by atoms with E-state index in [1.807, 2.05) is 18.2 Å². The molecule has 1 aliphatic rings. The first-order valence-electron chi connectivity index (χ1n) is 11.9. The number of anilines is 1. The summed E-state index contributed by atoms with van der Waals surface area (Å²) in [6.07, 6.45) is 0. The molecule has 0 radical (unpaired) electrons. The highest BCUT2D eigenvalue weighted by molar-refractivity contribution is 5.94. The fourth-order valence-corrected chi connectivity index (χ4v) is 5.06. The molecule has 1 aliphatic heterocycles. The number of nitriles is 1. The summed E-state index contributed by atoms with van der Waals surface area (Å²) in [5, 5.41) is 32.0. The molecule has 1 atom stereocenters. The Morgan fingerprint density at radius 1 is 1.08 bits per heavy atom. The number of hydrogen-bond donors (Lipinski definition) is 1. The van der Waals surface area contributed by atoms with Gasteiger partial charge in [0.2, 0.25) is 0 Å². The number of halogens is 1. The maximum absolute atomic E-state index is 13.7. The number of aromatic hydroxyl groups is 1. The first-order chi connectivity index (χ1) is 18.3. The second kappa shape index (κ2) is 9.91. The third-order valence-electron chi connectivity index (χ3n) is 6.90. The molecule has 1 unspecified atom stereocenters. The predicted molar refractivity (Wildman–Crippen MR) is 138 cm³/mol. The van der Waals surface area contributed by atoms with Crippen LogP contribution in [0.15, 0.2) is 65.5 Å². The van der Waals surface area contributed by atoms with Crippen LogP contribution in [0.5, 0.6) is 5.75 Å². The predicted octanol–water partition coefficient (Wildman–Crippen LogP) is 3.47. The van der Waals surface area contributed by atoms with E-state index in [9.17, 15) is 29.7 Å². The van der Waals surface area contributed by atoms with Gasteiger partial charge in [-0.3, -0.25) is 19.8 Å². The number of rotatable bonds is 5. The number of piperazine rings is 1. The topological polar surface area (TPSA) is 129 Å². The molecule has 0 amide bonds. The molecular weight excluding hydrogens is 491 g/mol. The average molecular weight is 515 g/mol. The molecule has 2 aromatic carbocycles. The van der Waals surface area contributed by atoms with E-state index in [0.29, 0.717) is 37.3 Å². The Hall–Kier alpha value is -4.82. The van der Waals surface area contributed by atoms with E-state index >= 15 is 0 Å². The van der Waals surface area contributed by atoms with E-state index in [-0.39, 0.29) is 28.5 Å². The molecular formula is C27H23FN6O4. The number of hydrogen-bond acceptors (Lipinski definition) is 8. The first-order valence-corrected chi connectivity index (χ1v) is 11.9. The molecule has 3 heterocycles. The van der Waals surface area contributed by atoms with E-state index in [0.717, 1.165) is 5.56 Å². The molecule has 1 fully saturated rings. The molecule has 10 nitrogen and oxygen atoms in total. The molecule has 192 valence electrons. The van der Waals surface area contributed by atoms with Gasteiger partial charge in [-0.15, -0.1) is 0 Å². The number of fused-ring (bicyclic) bond motifs is 1.